The molecule has 0 aromatic carbocycles. The average molecular weight is 379 g/mol. The standard InChI is InChI=1S/C21H37N3O3/c1-21(2,3)24(20(26)27)18-8-6-5-7-13-19(25)22(4)14-9-10-15-23-16-11-12-17-23/h5-8,11-18H2,1-4H3,(H,26,27)/p-1. The Morgan fingerprint density at radius 1 is 1.04 bits per heavy atom. The third kappa shape index (κ3) is 9.67. The molecule has 2 amide bonds. The lowest BCUT2D eigenvalue weighted by Gasteiger charge is -2.38. The quantitative estimate of drug-likeness (QED) is 0.454. The van der Waals surface area contributed by atoms with Gasteiger partial charge in [-0.1, -0.05) is 24.7 Å². The topological polar surface area (TPSA) is 66.9 Å². The highest BCUT2D eigenvalue weighted by Crippen LogP contribution is 2.14. The van der Waals surface area contributed by atoms with Crippen molar-refractivity contribution in [2.45, 2.75) is 71.3 Å². The van der Waals surface area contributed by atoms with E-state index in [4.69, 9.17) is 0 Å². The fraction of sp³-hybridized carbons (Fsp3) is 0.810. The van der Waals surface area contributed by atoms with E-state index in [9.17, 15) is 14.7 Å². The van der Waals surface area contributed by atoms with Crippen LogP contribution in [0.3, 0.4) is 0 Å². The second-order valence-electron chi connectivity index (χ2n) is 8.34. The molecule has 0 aliphatic carbocycles. The van der Waals surface area contributed by atoms with Crippen LogP contribution in [0.1, 0.15) is 65.7 Å². The smallest absolute Gasteiger partial charge is 0.223 e. The van der Waals surface area contributed by atoms with Crippen LogP contribution >= 0.6 is 0 Å². The minimum Gasteiger partial charge on any atom is -0.530 e. The van der Waals surface area contributed by atoms with Gasteiger partial charge in [-0.15, -0.1) is 0 Å². The van der Waals surface area contributed by atoms with Crippen molar-refractivity contribution < 1.29 is 14.7 Å². The number of likely N-dealkylation sites (tertiary alicyclic amines) is 1. The Bertz CT molecular complexity index is 525. The van der Waals surface area contributed by atoms with Gasteiger partial charge in [0.2, 0.25) is 5.91 Å². The molecule has 0 unspecified atom stereocenters. The molecule has 0 N–H and O–H groups in total. The van der Waals surface area contributed by atoms with Crippen molar-refractivity contribution in [1.82, 2.24) is 14.7 Å². The van der Waals surface area contributed by atoms with E-state index in [1.807, 2.05) is 20.8 Å². The molecule has 0 spiro atoms. The molecule has 154 valence electrons. The molecule has 0 saturated carbocycles. The fourth-order valence-corrected chi connectivity index (χ4v) is 3.16. The molecule has 6 heteroatoms. The van der Waals surface area contributed by atoms with Gasteiger partial charge < -0.3 is 19.7 Å². The number of carbonyl (C=O) groups is 2. The summed E-state index contributed by atoms with van der Waals surface area (Å²) in [6, 6.07) is 0. The van der Waals surface area contributed by atoms with Gasteiger partial charge in [-0.2, -0.15) is 0 Å². The second-order valence-corrected chi connectivity index (χ2v) is 8.34. The highest BCUT2D eigenvalue weighted by atomic mass is 16.4. The SMILES string of the molecule is CN(CC#CCN1CCCC1)C(=O)CCCCCCN(C(=O)[O-])C(C)(C)C. The number of amides is 2. The van der Waals surface area contributed by atoms with Crippen molar-refractivity contribution in [2.24, 2.45) is 0 Å². The van der Waals surface area contributed by atoms with Crippen molar-refractivity contribution >= 4 is 12.0 Å². The Hall–Kier alpha value is -1.74. The highest BCUT2D eigenvalue weighted by Gasteiger charge is 2.20. The molecule has 0 aromatic heterocycles. The first-order valence-corrected chi connectivity index (χ1v) is 10.1. The first kappa shape index (κ1) is 23.3. The normalized spacial score (nSPS) is 14.5. The van der Waals surface area contributed by atoms with E-state index in [2.05, 4.69) is 16.7 Å². The maximum atomic E-state index is 12.1. The van der Waals surface area contributed by atoms with E-state index in [0.29, 0.717) is 19.5 Å². The van der Waals surface area contributed by atoms with E-state index in [1.54, 1.807) is 11.9 Å². The predicted molar refractivity (Wildman–Crippen MR) is 106 cm³/mol. The van der Waals surface area contributed by atoms with Crippen LogP contribution in [0.25, 0.3) is 0 Å². The van der Waals surface area contributed by atoms with Crippen LogP contribution in [0, 0.1) is 11.8 Å². The zero-order chi connectivity index (χ0) is 20.3. The van der Waals surface area contributed by atoms with Gasteiger partial charge in [0.15, 0.2) is 0 Å². The van der Waals surface area contributed by atoms with Crippen LogP contribution in [-0.2, 0) is 4.79 Å². The molecule has 1 rings (SSSR count). The maximum Gasteiger partial charge on any atom is 0.223 e. The van der Waals surface area contributed by atoms with E-state index in [-0.39, 0.29) is 5.91 Å². The van der Waals surface area contributed by atoms with Crippen molar-refractivity contribution in [3.8, 4) is 11.8 Å². The van der Waals surface area contributed by atoms with Crippen LogP contribution in [0.2, 0.25) is 0 Å². The number of nitrogens with zero attached hydrogens (tertiary/aromatic N) is 3. The second kappa shape index (κ2) is 11.9. The highest BCUT2D eigenvalue weighted by molar-refractivity contribution is 5.76. The van der Waals surface area contributed by atoms with Gasteiger partial charge in [0.05, 0.1) is 13.1 Å². The van der Waals surface area contributed by atoms with Crippen molar-refractivity contribution in [3.63, 3.8) is 0 Å². The molecule has 0 atom stereocenters. The van der Waals surface area contributed by atoms with Crippen molar-refractivity contribution in [1.29, 1.82) is 0 Å². The molecule has 6 nitrogen and oxygen atoms in total. The zero-order valence-electron chi connectivity index (χ0n) is 17.6. The molecule has 1 fully saturated rings. The molecule has 1 heterocycles. The molecular weight excluding hydrogens is 342 g/mol. The van der Waals surface area contributed by atoms with Crippen molar-refractivity contribution in [2.75, 3.05) is 39.8 Å². The van der Waals surface area contributed by atoms with Gasteiger partial charge in [-0.05, 0) is 59.5 Å². The molecule has 27 heavy (non-hydrogen) atoms. The monoisotopic (exact) mass is 378 g/mol. The third-order valence-electron chi connectivity index (χ3n) is 4.92. The summed E-state index contributed by atoms with van der Waals surface area (Å²) in [5, 5.41) is 11.2. The van der Waals surface area contributed by atoms with Crippen molar-refractivity contribution in [3.05, 3.63) is 0 Å². The zero-order valence-corrected chi connectivity index (χ0v) is 17.6. The van der Waals surface area contributed by atoms with E-state index in [1.165, 1.54) is 17.7 Å². The van der Waals surface area contributed by atoms with Gasteiger partial charge in [-0.3, -0.25) is 9.69 Å². The third-order valence-corrected chi connectivity index (χ3v) is 4.92. The largest absolute Gasteiger partial charge is 0.530 e. The lowest BCUT2D eigenvalue weighted by molar-refractivity contribution is -0.270. The number of hydrogen-bond donors (Lipinski definition) is 0. The van der Waals surface area contributed by atoms with Crippen LogP contribution in [0.4, 0.5) is 4.79 Å². The average Bonchev–Trinajstić information content (AvgIpc) is 3.09. The summed E-state index contributed by atoms with van der Waals surface area (Å²) in [5.74, 6) is 6.36. The van der Waals surface area contributed by atoms with Crippen LogP contribution in [0.5, 0.6) is 0 Å². The molecule has 1 aliphatic rings. The van der Waals surface area contributed by atoms with Crippen LogP contribution in [-0.4, -0.2) is 72.0 Å². The Morgan fingerprint density at radius 2 is 1.67 bits per heavy atom. The first-order chi connectivity index (χ1) is 12.7. The van der Waals surface area contributed by atoms with Crippen LogP contribution in [0.15, 0.2) is 0 Å². The molecule has 0 aromatic rings. The summed E-state index contributed by atoms with van der Waals surface area (Å²) in [6.07, 6.45) is 5.38. The van der Waals surface area contributed by atoms with Crippen LogP contribution < -0.4 is 5.11 Å². The van der Waals surface area contributed by atoms with Gasteiger partial charge in [0, 0.05) is 25.6 Å². The van der Waals surface area contributed by atoms with E-state index >= 15 is 0 Å². The number of unbranched alkanes of at least 4 members (excludes halogenated alkanes) is 3. The lowest BCUT2D eigenvalue weighted by atomic mass is 10.1. The predicted octanol–water partition coefficient (Wildman–Crippen LogP) is 1.94. The fourth-order valence-electron chi connectivity index (χ4n) is 3.16. The summed E-state index contributed by atoms with van der Waals surface area (Å²) in [4.78, 5) is 28.7. The van der Waals surface area contributed by atoms with Gasteiger partial charge in [0.1, 0.15) is 6.09 Å². The molecule has 1 saturated heterocycles. The molecule has 0 radical (unpaired) electrons. The number of hydrogen-bond acceptors (Lipinski definition) is 4. The van der Waals surface area contributed by atoms with Gasteiger partial charge in [0.25, 0.3) is 0 Å². The first-order valence-electron chi connectivity index (χ1n) is 10.1. The summed E-state index contributed by atoms with van der Waals surface area (Å²) >= 11 is 0. The van der Waals surface area contributed by atoms with E-state index in [0.717, 1.165) is 45.3 Å². The Balaban J connectivity index is 2.12. The minimum atomic E-state index is -1.12. The molecule has 0 bridgehead atoms. The summed E-state index contributed by atoms with van der Waals surface area (Å²) in [7, 11) is 1.80. The maximum absolute atomic E-state index is 12.1. The van der Waals surface area contributed by atoms with Gasteiger partial charge in [-0.25, -0.2) is 0 Å². The Kier molecular flexibility index (Phi) is 10.2. The minimum absolute atomic E-state index is 0.122. The summed E-state index contributed by atoms with van der Waals surface area (Å²) in [5.41, 5.74) is -0.437. The van der Waals surface area contributed by atoms with E-state index < -0.39 is 11.6 Å². The summed E-state index contributed by atoms with van der Waals surface area (Å²) < 4.78 is 0. The molecular formula is C21H36N3O3-. The molecule has 1 aliphatic heterocycles. The Morgan fingerprint density at radius 3 is 2.26 bits per heavy atom. The lowest BCUT2D eigenvalue weighted by Crippen LogP contribution is -2.51. The number of rotatable bonds is 9. The Labute approximate surface area is 164 Å². The number of carbonyl (C=O) groups excluding carboxylic acids is 2. The van der Waals surface area contributed by atoms with Gasteiger partial charge >= 0.3 is 0 Å². The number of carboxylic acid groups (broad SMARTS) is 1. The summed E-state index contributed by atoms with van der Waals surface area (Å²) in [6.45, 7) is 9.65.